The van der Waals surface area contributed by atoms with Gasteiger partial charge in [0.2, 0.25) is 0 Å². The Kier molecular flexibility index (Phi) is 3.80. The minimum Gasteiger partial charge on any atom is -0.380 e. The fraction of sp³-hybridized carbons (Fsp3) is 0.105. The highest BCUT2D eigenvalue weighted by molar-refractivity contribution is 6.05. The maximum Gasteiger partial charge on any atom is 0.151 e. The van der Waals surface area contributed by atoms with Crippen molar-refractivity contribution in [3.05, 3.63) is 71.8 Å². The van der Waals surface area contributed by atoms with Crippen LogP contribution in [0.15, 0.2) is 60.7 Å². The third-order valence-corrected chi connectivity index (χ3v) is 3.65. The van der Waals surface area contributed by atoms with Crippen molar-refractivity contribution in [2.75, 3.05) is 7.11 Å². The topological polar surface area (TPSA) is 26.3 Å². The Labute approximate surface area is 124 Å². The summed E-state index contributed by atoms with van der Waals surface area (Å²) in [6.45, 7) is 0.482. The second-order valence-corrected chi connectivity index (χ2v) is 4.96. The van der Waals surface area contributed by atoms with E-state index in [2.05, 4.69) is 6.07 Å². The van der Waals surface area contributed by atoms with Crippen molar-refractivity contribution in [1.82, 2.24) is 0 Å². The number of rotatable bonds is 4. The number of benzene rings is 3. The number of carbonyl (C=O) groups is 1. The zero-order valence-electron chi connectivity index (χ0n) is 11.9. The predicted octanol–water partition coefficient (Wildman–Crippen LogP) is 4.47. The standard InChI is InChI=1S/C19H16O2/c1-21-13-16-11-15-9-5-6-10-17(15)18(12-20)19(16)14-7-3-2-4-8-14/h2-12H,13H2,1H3. The lowest BCUT2D eigenvalue weighted by Crippen LogP contribution is -1.98. The van der Waals surface area contributed by atoms with Crippen LogP contribution < -0.4 is 0 Å². The van der Waals surface area contributed by atoms with E-state index in [1.54, 1.807) is 7.11 Å². The smallest absolute Gasteiger partial charge is 0.151 e. The lowest BCUT2D eigenvalue weighted by Gasteiger charge is -2.15. The number of fused-ring (bicyclic) bond motifs is 1. The first-order valence-electron chi connectivity index (χ1n) is 6.89. The molecule has 2 heteroatoms. The summed E-state index contributed by atoms with van der Waals surface area (Å²) < 4.78 is 5.32. The van der Waals surface area contributed by atoms with Gasteiger partial charge in [0.1, 0.15) is 0 Å². The molecule has 0 saturated heterocycles. The Morgan fingerprint density at radius 2 is 1.71 bits per heavy atom. The monoisotopic (exact) mass is 276 g/mol. The van der Waals surface area contributed by atoms with Crippen molar-refractivity contribution < 1.29 is 9.53 Å². The molecular formula is C19H16O2. The van der Waals surface area contributed by atoms with E-state index in [-0.39, 0.29) is 0 Å². The largest absolute Gasteiger partial charge is 0.380 e. The molecule has 104 valence electrons. The normalized spacial score (nSPS) is 10.7. The molecule has 21 heavy (non-hydrogen) atoms. The Hall–Kier alpha value is -2.45. The molecule has 0 spiro atoms. The molecule has 0 aliphatic carbocycles. The van der Waals surface area contributed by atoms with E-state index in [4.69, 9.17) is 4.74 Å². The van der Waals surface area contributed by atoms with Gasteiger partial charge in [0.15, 0.2) is 6.29 Å². The first kappa shape index (κ1) is 13.5. The fourth-order valence-corrected chi connectivity index (χ4v) is 2.77. The minimum absolute atomic E-state index is 0.482. The van der Waals surface area contributed by atoms with E-state index >= 15 is 0 Å². The Morgan fingerprint density at radius 1 is 1.00 bits per heavy atom. The summed E-state index contributed by atoms with van der Waals surface area (Å²) in [6.07, 6.45) is 0.948. The van der Waals surface area contributed by atoms with Crippen molar-refractivity contribution in [3.8, 4) is 11.1 Å². The lowest BCUT2D eigenvalue weighted by atomic mass is 9.90. The van der Waals surface area contributed by atoms with E-state index in [1.807, 2.05) is 54.6 Å². The molecule has 0 atom stereocenters. The molecule has 0 amide bonds. The zero-order valence-corrected chi connectivity index (χ0v) is 11.9. The molecule has 3 aromatic carbocycles. The molecule has 0 saturated carbocycles. The molecule has 0 fully saturated rings. The number of carbonyl (C=O) groups excluding carboxylic acids is 1. The van der Waals surface area contributed by atoms with E-state index in [0.29, 0.717) is 6.61 Å². The number of aldehydes is 1. The van der Waals surface area contributed by atoms with Crippen LogP contribution in [0.1, 0.15) is 15.9 Å². The molecule has 2 nitrogen and oxygen atoms in total. The van der Waals surface area contributed by atoms with Gasteiger partial charge in [-0.3, -0.25) is 4.79 Å². The first-order chi connectivity index (χ1) is 10.3. The first-order valence-corrected chi connectivity index (χ1v) is 6.89. The molecule has 3 aromatic rings. The summed E-state index contributed by atoms with van der Waals surface area (Å²) in [5, 5.41) is 2.04. The average Bonchev–Trinajstić information content (AvgIpc) is 2.54. The summed E-state index contributed by atoms with van der Waals surface area (Å²) in [5.41, 5.74) is 3.76. The van der Waals surface area contributed by atoms with Crippen molar-refractivity contribution in [1.29, 1.82) is 0 Å². The van der Waals surface area contributed by atoms with Gasteiger partial charge in [-0.25, -0.2) is 0 Å². The SMILES string of the molecule is COCc1cc2ccccc2c(C=O)c1-c1ccccc1. The van der Waals surface area contributed by atoms with E-state index in [9.17, 15) is 4.79 Å². The lowest BCUT2D eigenvalue weighted by molar-refractivity contribution is 0.112. The summed E-state index contributed by atoms with van der Waals surface area (Å²) >= 11 is 0. The summed E-state index contributed by atoms with van der Waals surface area (Å²) in [4.78, 5) is 11.7. The van der Waals surface area contributed by atoms with Crippen LogP contribution in [0.2, 0.25) is 0 Å². The van der Waals surface area contributed by atoms with Gasteiger partial charge in [-0.2, -0.15) is 0 Å². The molecule has 0 N–H and O–H groups in total. The molecule has 3 rings (SSSR count). The van der Waals surface area contributed by atoms with Gasteiger partial charge in [-0.1, -0.05) is 54.6 Å². The van der Waals surface area contributed by atoms with Crippen LogP contribution in [-0.2, 0) is 11.3 Å². The maximum atomic E-state index is 11.7. The Bertz CT molecular complexity index is 776. The molecule has 0 aromatic heterocycles. The van der Waals surface area contributed by atoms with Gasteiger partial charge >= 0.3 is 0 Å². The highest BCUT2D eigenvalue weighted by atomic mass is 16.5. The number of methoxy groups -OCH3 is 1. The Balaban J connectivity index is 2.39. The fourth-order valence-electron chi connectivity index (χ4n) is 2.77. The van der Waals surface area contributed by atoms with E-state index in [1.165, 1.54) is 0 Å². The summed E-state index contributed by atoms with van der Waals surface area (Å²) in [6, 6.07) is 20.0. The minimum atomic E-state index is 0.482. The molecule has 0 radical (unpaired) electrons. The van der Waals surface area contributed by atoms with Gasteiger partial charge in [-0.15, -0.1) is 0 Å². The second kappa shape index (κ2) is 5.90. The number of hydrogen-bond donors (Lipinski definition) is 0. The van der Waals surface area contributed by atoms with Crippen LogP contribution in [0.4, 0.5) is 0 Å². The molecular weight excluding hydrogens is 260 g/mol. The van der Waals surface area contributed by atoms with Crippen LogP contribution in [0.5, 0.6) is 0 Å². The van der Waals surface area contributed by atoms with Gasteiger partial charge in [0.25, 0.3) is 0 Å². The zero-order chi connectivity index (χ0) is 14.7. The van der Waals surface area contributed by atoms with Crippen LogP contribution in [0, 0.1) is 0 Å². The van der Waals surface area contributed by atoms with Crippen molar-refractivity contribution in [3.63, 3.8) is 0 Å². The van der Waals surface area contributed by atoms with E-state index < -0.39 is 0 Å². The van der Waals surface area contributed by atoms with E-state index in [0.717, 1.165) is 39.3 Å². The molecule has 0 bridgehead atoms. The highest BCUT2D eigenvalue weighted by Gasteiger charge is 2.14. The average molecular weight is 276 g/mol. The Morgan fingerprint density at radius 3 is 2.43 bits per heavy atom. The third-order valence-electron chi connectivity index (χ3n) is 3.65. The van der Waals surface area contributed by atoms with Gasteiger partial charge < -0.3 is 4.74 Å². The predicted molar refractivity (Wildman–Crippen MR) is 85.5 cm³/mol. The number of ether oxygens (including phenoxy) is 1. The summed E-state index contributed by atoms with van der Waals surface area (Å²) in [7, 11) is 1.67. The molecule has 0 unspecified atom stereocenters. The molecule has 0 aliphatic rings. The van der Waals surface area contributed by atoms with Crippen molar-refractivity contribution in [2.24, 2.45) is 0 Å². The molecule has 0 aliphatic heterocycles. The number of hydrogen-bond acceptors (Lipinski definition) is 2. The van der Waals surface area contributed by atoms with Crippen molar-refractivity contribution >= 4 is 17.1 Å². The summed E-state index contributed by atoms with van der Waals surface area (Å²) in [5.74, 6) is 0. The van der Waals surface area contributed by atoms with Crippen molar-refractivity contribution in [2.45, 2.75) is 6.61 Å². The second-order valence-electron chi connectivity index (χ2n) is 4.96. The maximum absolute atomic E-state index is 11.7. The van der Waals surface area contributed by atoms with Gasteiger partial charge in [0.05, 0.1) is 6.61 Å². The van der Waals surface area contributed by atoms with Gasteiger partial charge in [-0.05, 0) is 33.5 Å². The van der Waals surface area contributed by atoms with Gasteiger partial charge in [0, 0.05) is 12.7 Å². The van der Waals surface area contributed by atoms with Crippen LogP contribution in [-0.4, -0.2) is 13.4 Å². The van der Waals surface area contributed by atoms with Crippen LogP contribution >= 0.6 is 0 Å². The van der Waals surface area contributed by atoms with Crippen LogP contribution in [0.25, 0.3) is 21.9 Å². The third kappa shape index (κ3) is 2.46. The van der Waals surface area contributed by atoms with Crippen LogP contribution in [0.3, 0.4) is 0 Å². The quantitative estimate of drug-likeness (QED) is 0.657. The molecule has 0 heterocycles. The highest BCUT2D eigenvalue weighted by Crippen LogP contribution is 2.33.